The van der Waals surface area contributed by atoms with Crippen LogP contribution >= 0.6 is 0 Å². The maximum absolute atomic E-state index is 12.4. The maximum Gasteiger partial charge on any atom is 0.248 e. The molecule has 1 N–H and O–H groups in total. The van der Waals surface area contributed by atoms with Crippen molar-refractivity contribution in [2.75, 3.05) is 7.11 Å². The number of hydrazone groups is 1. The lowest BCUT2D eigenvalue weighted by molar-refractivity contribution is -0.161. The summed E-state index contributed by atoms with van der Waals surface area (Å²) in [6.45, 7) is 5.57. The fourth-order valence-corrected chi connectivity index (χ4v) is 2.37. The zero-order valence-corrected chi connectivity index (χ0v) is 13.0. The van der Waals surface area contributed by atoms with Crippen LogP contribution in [0.25, 0.3) is 0 Å². The Bertz CT molecular complexity index is 551. The molecule has 1 amide bonds. The molecule has 1 aromatic rings. The molecule has 1 aliphatic heterocycles. The van der Waals surface area contributed by atoms with Gasteiger partial charge in [0.1, 0.15) is 5.75 Å². The molecule has 0 saturated carbocycles. The van der Waals surface area contributed by atoms with Gasteiger partial charge in [-0.3, -0.25) is 4.79 Å². The smallest absolute Gasteiger partial charge is 0.248 e. The Labute approximate surface area is 125 Å². The van der Waals surface area contributed by atoms with Gasteiger partial charge in [0.2, 0.25) is 5.91 Å². The van der Waals surface area contributed by atoms with Crippen molar-refractivity contribution in [3.63, 3.8) is 0 Å². The molecule has 0 radical (unpaired) electrons. The van der Waals surface area contributed by atoms with Crippen molar-refractivity contribution in [3.8, 4) is 5.75 Å². The van der Waals surface area contributed by atoms with Crippen LogP contribution in [0.2, 0.25) is 0 Å². The molecule has 114 valence electrons. The van der Waals surface area contributed by atoms with E-state index in [4.69, 9.17) is 4.74 Å². The van der Waals surface area contributed by atoms with Gasteiger partial charge in [-0.2, -0.15) is 10.1 Å². The first kappa shape index (κ1) is 15.5. The molecule has 1 aromatic carbocycles. The van der Waals surface area contributed by atoms with Gasteiger partial charge >= 0.3 is 0 Å². The summed E-state index contributed by atoms with van der Waals surface area (Å²) in [5.74, 6) is 0.296. The Balaban J connectivity index is 2.39. The van der Waals surface area contributed by atoms with Crippen molar-refractivity contribution >= 4 is 11.6 Å². The Kier molecular flexibility index (Phi) is 4.32. The minimum Gasteiger partial charge on any atom is -0.497 e. The fraction of sp³-hybridized carbons (Fsp3) is 0.500. The molecular formula is C16H22N2O3. The van der Waals surface area contributed by atoms with Crippen molar-refractivity contribution in [2.45, 2.75) is 39.3 Å². The number of benzene rings is 1. The number of aliphatic hydroxyl groups is 1. The summed E-state index contributed by atoms with van der Waals surface area (Å²) in [7, 11) is 1.59. The minimum absolute atomic E-state index is 0.184. The van der Waals surface area contributed by atoms with Crippen molar-refractivity contribution in [3.05, 3.63) is 29.8 Å². The molecule has 1 aliphatic rings. The van der Waals surface area contributed by atoms with E-state index in [1.54, 1.807) is 45.2 Å². The van der Waals surface area contributed by atoms with Gasteiger partial charge in [0, 0.05) is 23.6 Å². The fourth-order valence-electron chi connectivity index (χ4n) is 2.37. The third-order valence-electron chi connectivity index (χ3n) is 3.71. The molecule has 0 aliphatic carbocycles. The lowest BCUT2D eigenvalue weighted by Crippen LogP contribution is -2.45. The van der Waals surface area contributed by atoms with E-state index in [1.165, 1.54) is 5.01 Å². The van der Waals surface area contributed by atoms with Crippen LogP contribution in [-0.4, -0.2) is 28.8 Å². The summed E-state index contributed by atoms with van der Waals surface area (Å²) in [6.07, 6.45) is 1.05. The second-order valence-corrected chi connectivity index (χ2v) is 5.55. The van der Waals surface area contributed by atoms with Gasteiger partial charge in [-0.1, -0.05) is 32.9 Å². The van der Waals surface area contributed by atoms with Gasteiger partial charge in [-0.25, -0.2) is 0 Å². The van der Waals surface area contributed by atoms with E-state index < -0.39 is 5.72 Å². The molecule has 21 heavy (non-hydrogen) atoms. The third-order valence-corrected chi connectivity index (χ3v) is 3.71. The summed E-state index contributed by atoms with van der Waals surface area (Å²) < 4.78 is 5.13. The normalized spacial score (nSPS) is 21.6. The van der Waals surface area contributed by atoms with Crippen LogP contribution in [0.4, 0.5) is 0 Å². The highest BCUT2D eigenvalue weighted by Gasteiger charge is 2.45. The first-order valence-corrected chi connectivity index (χ1v) is 7.19. The van der Waals surface area contributed by atoms with Crippen LogP contribution in [0.15, 0.2) is 29.4 Å². The van der Waals surface area contributed by atoms with E-state index in [1.807, 2.05) is 6.92 Å². The quantitative estimate of drug-likeness (QED) is 0.926. The van der Waals surface area contributed by atoms with E-state index in [0.717, 1.165) is 5.71 Å². The summed E-state index contributed by atoms with van der Waals surface area (Å²) in [5, 5.41) is 16.6. The van der Waals surface area contributed by atoms with Crippen molar-refractivity contribution in [2.24, 2.45) is 11.0 Å². The maximum atomic E-state index is 12.4. The van der Waals surface area contributed by atoms with E-state index in [0.29, 0.717) is 24.2 Å². The predicted molar refractivity (Wildman–Crippen MR) is 80.9 cm³/mol. The number of methoxy groups -OCH3 is 1. The first-order chi connectivity index (χ1) is 9.92. The predicted octanol–water partition coefficient (Wildman–Crippen LogP) is 2.49. The second-order valence-electron chi connectivity index (χ2n) is 5.55. The van der Waals surface area contributed by atoms with E-state index in [2.05, 4.69) is 5.10 Å². The molecule has 2 rings (SSSR count). The topological polar surface area (TPSA) is 62.1 Å². The number of hydrogen-bond donors (Lipinski definition) is 1. The number of carbonyl (C=O) groups is 1. The summed E-state index contributed by atoms with van der Waals surface area (Å²) in [4.78, 5) is 12.4. The van der Waals surface area contributed by atoms with Crippen LogP contribution in [-0.2, 0) is 10.5 Å². The average molecular weight is 290 g/mol. The van der Waals surface area contributed by atoms with Gasteiger partial charge in [0.15, 0.2) is 5.72 Å². The highest BCUT2D eigenvalue weighted by molar-refractivity contribution is 5.91. The lowest BCUT2D eigenvalue weighted by Gasteiger charge is -2.32. The largest absolute Gasteiger partial charge is 0.497 e. The third kappa shape index (κ3) is 2.78. The number of hydrogen-bond acceptors (Lipinski definition) is 4. The molecule has 0 aromatic heterocycles. The van der Waals surface area contributed by atoms with Crippen LogP contribution in [0.5, 0.6) is 5.75 Å². The van der Waals surface area contributed by atoms with Crippen molar-refractivity contribution in [1.29, 1.82) is 0 Å². The van der Waals surface area contributed by atoms with Crippen LogP contribution in [0.1, 0.15) is 39.2 Å². The highest BCUT2D eigenvalue weighted by atomic mass is 16.5. The molecule has 0 bridgehead atoms. The molecule has 5 nitrogen and oxygen atoms in total. The molecule has 0 unspecified atom stereocenters. The zero-order chi connectivity index (χ0) is 15.6. The minimum atomic E-state index is -1.40. The SMILES string of the molecule is CCC1=NN(C(=O)C(C)C)[C@@](O)(c2ccc(OC)cc2)C1. The Morgan fingerprint density at radius 3 is 2.52 bits per heavy atom. The number of amides is 1. The van der Waals surface area contributed by atoms with Gasteiger partial charge < -0.3 is 9.84 Å². The molecule has 0 fully saturated rings. The first-order valence-electron chi connectivity index (χ1n) is 7.19. The van der Waals surface area contributed by atoms with E-state index in [-0.39, 0.29) is 11.8 Å². The summed E-state index contributed by atoms with van der Waals surface area (Å²) in [6, 6.07) is 7.09. The van der Waals surface area contributed by atoms with Crippen molar-refractivity contribution < 1.29 is 14.6 Å². The molecular weight excluding hydrogens is 268 g/mol. The number of ether oxygens (including phenoxy) is 1. The number of rotatable bonds is 4. The lowest BCUT2D eigenvalue weighted by atomic mass is 9.95. The molecule has 1 atom stereocenters. The number of carbonyl (C=O) groups excluding carboxylic acids is 1. The van der Waals surface area contributed by atoms with Crippen LogP contribution in [0, 0.1) is 5.92 Å². The van der Waals surface area contributed by atoms with Gasteiger partial charge in [-0.05, 0) is 18.6 Å². The Morgan fingerprint density at radius 2 is 2.05 bits per heavy atom. The van der Waals surface area contributed by atoms with Gasteiger partial charge in [-0.15, -0.1) is 0 Å². The van der Waals surface area contributed by atoms with Gasteiger partial charge in [0.25, 0.3) is 0 Å². The molecule has 5 heteroatoms. The Hall–Kier alpha value is -1.88. The molecule has 0 spiro atoms. The van der Waals surface area contributed by atoms with Crippen molar-refractivity contribution in [1.82, 2.24) is 5.01 Å². The number of nitrogens with zero attached hydrogens (tertiary/aromatic N) is 2. The average Bonchev–Trinajstić information content (AvgIpc) is 2.84. The van der Waals surface area contributed by atoms with Crippen LogP contribution in [0.3, 0.4) is 0 Å². The van der Waals surface area contributed by atoms with E-state index >= 15 is 0 Å². The standard InChI is InChI=1S/C16H22N2O3/c1-5-13-10-16(20,18(17-13)15(19)11(2)3)12-6-8-14(21-4)9-7-12/h6-9,11,20H,5,10H2,1-4H3/t16-/m0/s1. The highest BCUT2D eigenvalue weighted by Crippen LogP contribution is 2.37. The van der Waals surface area contributed by atoms with Gasteiger partial charge in [0.05, 0.1) is 7.11 Å². The summed E-state index contributed by atoms with van der Waals surface area (Å²) >= 11 is 0. The zero-order valence-electron chi connectivity index (χ0n) is 13.0. The molecule has 1 heterocycles. The Morgan fingerprint density at radius 1 is 1.43 bits per heavy atom. The second kappa shape index (κ2) is 5.85. The van der Waals surface area contributed by atoms with E-state index in [9.17, 15) is 9.90 Å². The molecule has 0 saturated heterocycles. The summed E-state index contributed by atoms with van der Waals surface area (Å²) in [5.41, 5.74) is 0.0608. The monoisotopic (exact) mass is 290 g/mol. The van der Waals surface area contributed by atoms with Crippen LogP contribution < -0.4 is 4.74 Å².